The molecule has 0 saturated heterocycles. The van der Waals surface area contributed by atoms with E-state index in [2.05, 4.69) is 39.2 Å². The van der Waals surface area contributed by atoms with Crippen LogP contribution in [0.5, 0.6) is 5.75 Å². The third-order valence-corrected chi connectivity index (χ3v) is 3.81. The average molecular weight is 321 g/mol. The number of aromatic nitrogens is 1. The van der Waals surface area contributed by atoms with E-state index in [4.69, 9.17) is 4.74 Å². The Hall–Kier alpha value is -1.39. The summed E-state index contributed by atoms with van der Waals surface area (Å²) in [5.74, 6) is 0.871. The lowest BCUT2D eigenvalue weighted by Gasteiger charge is -2.20. The lowest BCUT2D eigenvalue weighted by Crippen LogP contribution is -2.20. The highest BCUT2D eigenvalue weighted by atomic mass is 79.9. The van der Waals surface area contributed by atoms with Gasteiger partial charge in [-0.25, -0.2) is 0 Å². The summed E-state index contributed by atoms with van der Waals surface area (Å²) in [4.78, 5) is 4.47. The number of halogens is 1. The van der Waals surface area contributed by atoms with Crippen LogP contribution >= 0.6 is 15.9 Å². The second-order valence-corrected chi connectivity index (χ2v) is 5.17. The van der Waals surface area contributed by atoms with Crippen molar-refractivity contribution in [1.82, 2.24) is 10.3 Å². The highest BCUT2D eigenvalue weighted by molar-refractivity contribution is 9.10. The Morgan fingerprint density at radius 1 is 1.32 bits per heavy atom. The summed E-state index contributed by atoms with van der Waals surface area (Å²) in [5, 5.41) is 3.32. The normalized spacial score (nSPS) is 12.2. The van der Waals surface area contributed by atoms with Crippen LogP contribution in [-0.4, -0.2) is 19.1 Å². The molecule has 1 aromatic heterocycles. The van der Waals surface area contributed by atoms with Gasteiger partial charge in [0.2, 0.25) is 0 Å². The Morgan fingerprint density at radius 2 is 2.11 bits per heavy atom. The fourth-order valence-electron chi connectivity index (χ4n) is 2.15. The molecule has 0 bridgehead atoms. The van der Waals surface area contributed by atoms with Gasteiger partial charge in [-0.1, -0.05) is 6.07 Å². The number of aryl methyl sites for hydroxylation is 1. The molecule has 1 aromatic carbocycles. The van der Waals surface area contributed by atoms with Crippen molar-refractivity contribution in [1.29, 1.82) is 0 Å². The third-order valence-electron chi connectivity index (χ3n) is 3.14. The zero-order chi connectivity index (χ0) is 13.8. The van der Waals surface area contributed by atoms with Gasteiger partial charge < -0.3 is 10.1 Å². The molecule has 2 rings (SSSR count). The van der Waals surface area contributed by atoms with Crippen LogP contribution in [-0.2, 0) is 0 Å². The number of ether oxygens (including phenoxy) is 1. The largest absolute Gasteiger partial charge is 0.497 e. The highest BCUT2D eigenvalue weighted by Crippen LogP contribution is 2.29. The molecule has 0 radical (unpaired) electrons. The number of nitrogens with one attached hydrogen (secondary N) is 1. The van der Waals surface area contributed by atoms with E-state index in [1.807, 2.05) is 37.5 Å². The molecule has 0 saturated carbocycles. The standard InChI is InChI=1S/C15H17BrN2O/c1-10-9-11(19-3)6-7-12(10)14(17-2)15-13(16)5-4-8-18-15/h4-9,14,17H,1-3H3. The van der Waals surface area contributed by atoms with E-state index in [-0.39, 0.29) is 6.04 Å². The maximum absolute atomic E-state index is 5.25. The van der Waals surface area contributed by atoms with Crippen LogP contribution in [0.25, 0.3) is 0 Å². The van der Waals surface area contributed by atoms with Crippen LogP contribution in [0.3, 0.4) is 0 Å². The van der Waals surface area contributed by atoms with Gasteiger partial charge in [0.25, 0.3) is 0 Å². The highest BCUT2D eigenvalue weighted by Gasteiger charge is 2.18. The molecule has 4 heteroatoms. The molecule has 2 aromatic rings. The van der Waals surface area contributed by atoms with Crippen molar-refractivity contribution >= 4 is 15.9 Å². The van der Waals surface area contributed by atoms with Gasteiger partial charge in [0.1, 0.15) is 5.75 Å². The van der Waals surface area contributed by atoms with E-state index in [9.17, 15) is 0 Å². The summed E-state index contributed by atoms with van der Waals surface area (Å²) in [6.45, 7) is 2.08. The van der Waals surface area contributed by atoms with Gasteiger partial charge >= 0.3 is 0 Å². The molecular weight excluding hydrogens is 304 g/mol. The predicted octanol–water partition coefficient (Wildman–Crippen LogP) is 3.47. The molecule has 3 nitrogen and oxygen atoms in total. The molecule has 1 heterocycles. The second-order valence-electron chi connectivity index (χ2n) is 4.31. The van der Waals surface area contributed by atoms with Crippen molar-refractivity contribution in [2.75, 3.05) is 14.2 Å². The molecule has 0 aliphatic heterocycles. The smallest absolute Gasteiger partial charge is 0.119 e. The van der Waals surface area contributed by atoms with E-state index in [1.54, 1.807) is 7.11 Å². The minimum Gasteiger partial charge on any atom is -0.497 e. The Morgan fingerprint density at radius 3 is 2.68 bits per heavy atom. The molecule has 1 atom stereocenters. The Labute approximate surface area is 122 Å². The Balaban J connectivity index is 2.46. The molecule has 0 aliphatic carbocycles. The minimum absolute atomic E-state index is 0.0569. The van der Waals surface area contributed by atoms with E-state index >= 15 is 0 Å². The van der Waals surface area contributed by atoms with Gasteiger partial charge in [-0.2, -0.15) is 0 Å². The first-order chi connectivity index (χ1) is 9.17. The zero-order valence-corrected chi connectivity index (χ0v) is 12.9. The van der Waals surface area contributed by atoms with Crippen LogP contribution in [0.2, 0.25) is 0 Å². The average Bonchev–Trinajstić information content (AvgIpc) is 2.43. The number of benzene rings is 1. The summed E-state index contributed by atoms with van der Waals surface area (Å²) >= 11 is 3.56. The molecule has 19 heavy (non-hydrogen) atoms. The van der Waals surface area contributed by atoms with Crippen molar-refractivity contribution < 1.29 is 4.74 Å². The van der Waals surface area contributed by atoms with Crippen molar-refractivity contribution in [3.63, 3.8) is 0 Å². The number of methoxy groups -OCH3 is 1. The van der Waals surface area contributed by atoms with Crippen molar-refractivity contribution in [2.24, 2.45) is 0 Å². The lowest BCUT2D eigenvalue weighted by atomic mass is 9.98. The SMILES string of the molecule is CNC(c1ccc(OC)cc1C)c1ncccc1Br. The van der Waals surface area contributed by atoms with Crippen molar-refractivity contribution in [3.8, 4) is 5.75 Å². The van der Waals surface area contributed by atoms with Gasteiger partial charge in [0.15, 0.2) is 0 Å². The van der Waals surface area contributed by atoms with Crippen molar-refractivity contribution in [3.05, 3.63) is 57.8 Å². The van der Waals surface area contributed by atoms with Crippen LogP contribution < -0.4 is 10.1 Å². The minimum atomic E-state index is 0.0569. The molecule has 0 fully saturated rings. The van der Waals surface area contributed by atoms with Crippen molar-refractivity contribution in [2.45, 2.75) is 13.0 Å². The monoisotopic (exact) mass is 320 g/mol. The lowest BCUT2D eigenvalue weighted by molar-refractivity contribution is 0.414. The topological polar surface area (TPSA) is 34.1 Å². The molecule has 0 amide bonds. The fraction of sp³-hybridized carbons (Fsp3) is 0.267. The maximum atomic E-state index is 5.25. The summed E-state index contributed by atoms with van der Waals surface area (Å²) in [6, 6.07) is 10.1. The van der Waals surface area contributed by atoms with Crippen LogP contribution in [0.15, 0.2) is 41.0 Å². The number of nitrogens with zero attached hydrogens (tertiary/aromatic N) is 1. The first-order valence-corrected chi connectivity index (χ1v) is 6.89. The Bertz CT molecular complexity index is 572. The summed E-state index contributed by atoms with van der Waals surface area (Å²) < 4.78 is 6.25. The van der Waals surface area contributed by atoms with E-state index in [0.29, 0.717) is 0 Å². The quantitative estimate of drug-likeness (QED) is 0.936. The van der Waals surface area contributed by atoms with E-state index < -0.39 is 0 Å². The maximum Gasteiger partial charge on any atom is 0.119 e. The molecule has 0 aliphatic rings. The Kier molecular flexibility index (Phi) is 4.56. The predicted molar refractivity (Wildman–Crippen MR) is 80.6 cm³/mol. The molecule has 1 unspecified atom stereocenters. The van der Waals surface area contributed by atoms with Gasteiger partial charge in [-0.15, -0.1) is 0 Å². The van der Waals surface area contributed by atoms with Gasteiger partial charge in [-0.05, 0) is 65.3 Å². The molecule has 0 spiro atoms. The van der Waals surface area contributed by atoms with Gasteiger partial charge in [0.05, 0.1) is 18.8 Å². The number of rotatable bonds is 4. The van der Waals surface area contributed by atoms with Crippen LogP contribution in [0.4, 0.5) is 0 Å². The van der Waals surface area contributed by atoms with E-state index in [1.165, 1.54) is 11.1 Å². The molecule has 100 valence electrons. The third kappa shape index (κ3) is 2.96. The summed E-state index contributed by atoms with van der Waals surface area (Å²) in [7, 11) is 3.62. The number of hydrogen-bond acceptors (Lipinski definition) is 3. The fourth-order valence-corrected chi connectivity index (χ4v) is 2.63. The van der Waals surface area contributed by atoms with E-state index in [0.717, 1.165) is 15.9 Å². The first kappa shape index (κ1) is 14.0. The molecular formula is C15H17BrN2O. The van der Waals surface area contributed by atoms with Crippen LogP contribution in [0, 0.1) is 6.92 Å². The summed E-state index contributed by atoms with van der Waals surface area (Å²) in [6.07, 6.45) is 1.81. The van der Waals surface area contributed by atoms with Gasteiger partial charge in [-0.3, -0.25) is 4.98 Å². The molecule has 1 N–H and O–H groups in total. The van der Waals surface area contributed by atoms with Gasteiger partial charge in [0, 0.05) is 10.7 Å². The summed E-state index contributed by atoms with van der Waals surface area (Å²) in [5.41, 5.74) is 3.36. The second kappa shape index (κ2) is 6.17. The number of pyridine rings is 1. The number of hydrogen-bond donors (Lipinski definition) is 1. The zero-order valence-electron chi connectivity index (χ0n) is 11.3. The first-order valence-electron chi connectivity index (χ1n) is 6.09. The van der Waals surface area contributed by atoms with Crippen LogP contribution in [0.1, 0.15) is 22.9 Å².